The number of ether oxygens (including phenoxy) is 1. The summed E-state index contributed by atoms with van der Waals surface area (Å²) in [5, 5.41) is 6.59. The van der Waals surface area contributed by atoms with Crippen LogP contribution in [-0.4, -0.2) is 30.2 Å². The van der Waals surface area contributed by atoms with Crippen LogP contribution < -0.4 is 15.4 Å². The van der Waals surface area contributed by atoms with Crippen LogP contribution in [0.3, 0.4) is 0 Å². The summed E-state index contributed by atoms with van der Waals surface area (Å²) < 4.78 is 19.1. The van der Waals surface area contributed by atoms with E-state index in [1.54, 1.807) is 19.2 Å². The van der Waals surface area contributed by atoms with Crippen LogP contribution in [0.15, 0.2) is 54.6 Å². The fraction of sp³-hybridized carbons (Fsp3) is 0.273. The molecular weight excluding hydrogens is 355 g/mol. The Balaban J connectivity index is 1.55. The first kappa shape index (κ1) is 19.6. The number of anilines is 2. The molecule has 1 heterocycles. The van der Waals surface area contributed by atoms with E-state index in [1.165, 1.54) is 6.07 Å². The Morgan fingerprint density at radius 3 is 2.07 bits per heavy atom. The van der Waals surface area contributed by atoms with Gasteiger partial charge in [-0.3, -0.25) is 0 Å². The summed E-state index contributed by atoms with van der Waals surface area (Å²) in [6, 6.07) is 16.7. The molecule has 0 spiro atoms. The van der Waals surface area contributed by atoms with Crippen molar-refractivity contribution >= 4 is 11.6 Å². The Morgan fingerprint density at radius 2 is 1.43 bits per heavy atom. The number of aromatic nitrogens is 2. The highest BCUT2D eigenvalue weighted by molar-refractivity contribution is 5.48. The molecular formula is C22H25FN4O. The summed E-state index contributed by atoms with van der Waals surface area (Å²) in [6.07, 6.45) is 1.41. The minimum Gasteiger partial charge on any atom is -0.496 e. The Hall–Kier alpha value is -3.15. The molecule has 3 rings (SSSR count). The van der Waals surface area contributed by atoms with E-state index in [0.717, 1.165) is 35.9 Å². The van der Waals surface area contributed by atoms with E-state index in [1.807, 2.05) is 37.3 Å². The maximum atomic E-state index is 13.7. The summed E-state index contributed by atoms with van der Waals surface area (Å²) in [5.41, 5.74) is 1.84. The summed E-state index contributed by atoms with van der Waals surface area (Å²) in [4.78, 5) is 8.84. The molecule has 28 heavy (non-hydrogen) atoms. The fourth-order valence-corrected chi connectivity index (χ4v) is 3.01. The lowest BCUT2D eigenvalue weighted by atomic mass is 10.1. The third-order valence-corrected chi connectivity index (χ3v) is 4.39. The standard InChI is InChI=1S/C22H25FN4O/c1-16-26-21(24-13-11-17-7-3-5-9-19(17)23)15-22(27-16)25-14-12-18-8-4-6-10-20(18)28-2/h3-10,15H,11-14H2,1-2H3,(H2,24,25,26,27). The van der Waals surface area contributed by atoms with E-state index < -0.39 is 0 Å². The molecule has 0 saturated heterocycles. The molecule has 0 bridgehead atoms. The Labute approximate surface area is 165 Å². The maximum absolute atomic E-state index is 13.7. The topological polar surface area (TPSA) is 59.1 Å². The van der Waals surface area contributed by atoms with Gasteiger partial charge in [0.15, 0.2) is 0 Å². The molecule has 0 amide bonds. The molecule has 0 aliphatic carbocycles. The van der Waals surface area contributed by atoms with Gasteiger partial charge in [0.05, 0.1) is 7.11 Å². The number of hydrogen-bond donors (Lipinski definition) is 2. The zero-order valence-corrected chi connectivity index (χ0v) is 16.2. The lowest BCUT2D eigenvalue weighted by Crippen LogP contribution is -2.11. The highest BCUT2D eigenvalue weighted by atomic mass is 19.1. The van der Waals surface area contributed by atoms with Crippen molar-refractivity contribution in [3.8, 4) is 5.75 Å². The molecule has 0 unspecified atom stereocenters. The predicted molar refractivity (Wildman–Crippen MR) is 111 cm³/mol. The molecule has 0 aliphatic rings. The molecule has 2 N–H and O–H groups in total. The average molecular weight is 380 g/mol. The monoisotopic (exact) mass is 380 g/mol. The van der Waals surface area contributed by atoms with Gasteiger partial charge >= 0.3 is 0 Å². The van der Waals surface area contributed by atoms with Crippen LogP contribution in [0.4, 0.5) is 16.0 Å². The zero-order valence-electron chi connectivity index (χ0n) is 16.2. The van der Waals surface area contributed by atoms with Crippen molar-refractivity contribution in [2.24, 2.45) is 0 Å². The molecule has 146 valence electrons. The van der Waals surface area contributed by atoms with Crippen LogP contribution in [0.2, 0.25) is 0 Å². The lowest BCUT2D eigenvalue weighted by molar-refractivity contribution is 0.410. The van der Waals surface area contributed by atoms with Crippen molar-refractivity contribution in [3.63, 3.8) is 0 Å². The van der Waals surface area contributed by atoms with Gasteiger partial charge in [-0.05, 0) is 43.0 Å². The second-order valence-electron chi connectivity index (χ2n) is 6.44. The van der Waals surface area contributed by atoms with Crippen molar-refractivity contribution in [2.45, 2.75) is 19.8 Å². The second-order valence-corrected chi connectivity index (χ2v) is 6.44. The predicted octanol–water partition coefficient (Wildman–Crippen LogP) is 4.24. The number of rotatable bonds is 9. The minimum absolute atomic E-state index is 0.179. The number of halogens is 1. The smallest absolute Gasteiger partial charge is 0.131 e. The zero-order chi connectivity index (χ0) is 19.8. The molecule has 0 radical (unpaired) electrons. The number of para-hydroxylation sites is 1. The first-order valence-corrected chi connectivity index (χ1v) is 9.34. The van der Waals surface area contributed by atoms with Gasteiger partial charge in [-0.25, -0.2) is 14.4 Å². The molecule has 2 aromatic carbocycles. The van der Waals surface area contributed by atoms with Crippen molar-refractivity contribution in [3.05, 3.63) is 77.4 Å². The molecule has 0 atom stereocenters. The molecule has 0 aliphatic heterocycles. The molecule has 6 heteroatoms. The summed E-state index contributed by atoms with van der Waals surface area (Å²) in [7, 11) is 1.68. The number of hydrogen-bond acceptors (Lipinski definition) is 5. The molecule has 3 aromatic rings. The van der Waals surface area contributed by atoms with Gasteiger partial charge in [0.25, 0.3) is 0 Å². The quantitative estimate of drug-likeness (QED) is 0.581. The summed E-state index contributed by atoms with van der Waals surface area (Å²) in [5.74, 6) is 2.87. The van der Waals surface area contributed by atoms with E-state index in [4.69, 9.17) is 4.74 Å². The van der Waals surface area contributed by atoms with E-state index in [0.29, 0.717) is 24.4 Å². The normalized spacial score (nSPS) is 10.5. The van der Waals surface area contributed by atoms with Crippen LogP contribution in [0, 0.1) is 12.7 Å². The molecule has 0 saturated carbocycles. The van der Waals surface area contributed by atoms with Crippen molar-refractivity contribution < 1.29 is 9.13 Å². The van der Waals surface area contributed by atoms with Gasteiger partial charge in [0.2, 0.25) is 0 Å². The van der Waals surface area contributed by atoms with E-state index in [9.17, 15) is 4.39 Å². The van der Waals surface area contributed by atoms with Crippen LogP contribution in [0.25, 0.3) is 0 Å². The SMILES string of the molecule is COc1ccccc1CCNc1cc(NCCc2ccccc2F)nc(C)n1. The molecule has 5 nitrogen and oxygen atoms in total. The highest BCUT2D eigenvalue weighted by Crippen LogP contribution is 2.18. The van der Waals surface area contributed by atoms with Crippen LogP contribution in [0.5, 0.6) is 5.75 Å². The number of benzene rings is 2. The lowest BCUT2D eigenvalue weighted by Gasteiger charge is -2.12. The molecule has 0 fully saturated rings. The third-order valence-electron chi connectivity index (χ3n) is 4.39. The van der Waals surface area contributed by atoms with Crippen LogP contribution >= 0.6 is 0 Å². The summed E-state index contributed by atoms with van der Waals surface area (Å²) >= 11 is 0. The average Bonchev–Trinajstić information content (AvgIpc) is 2.69. The largest absolute Gasteiger partial charge is 0.496 e. The van der Waals surface area contributed by atoms with Gasteiger partial charge in [-0.1, -0.05) is 36.4 Å². The minimum atomic E-state index is -0.179. The first-order valence-electron chi connectivity index (χ1n) is 9.34. The van der Waals surface area contributed by atoms with Crippen molar-refractivity contribution in [1.82, 2.24) is 9.97 Å². The Kier molecular flexibility index (Phi) is 6.78. The number of methoxy groups -OCH3 is 1. The van der Waals surface area contributed by atoms with Gasteiger partial charge in [0.1, 0.15) is 29.0 Å². The second kappa shape index (κ2) is 9.69. The first-order chi connectivity index (χ1) is 13.7. The highest BCUT2D eigenvalue weighted by Gasteiger charge is 2.05. The van der Waals surface area contributed by atoms with E-state index in [-0.39, 0.29) is 5.82 Å². The number of aryl methyl sites for hydroxylation is 1. The Morgan fingerprint density at radius 1 is 0.857 bits per heavy atom. The van der Waals surface area contributed by atoms with E-state index >= 15 is 0 Å². The van der Waals surface area contributed by atoms with Gasteiger partial charge < -0.3 is 15.4 Å². The summed E-state index contributed by atoms with van der Waals surface area (Å²) in [6.45, 7) is 3.18. The Bertz CT molecular complexity index is 917. The van der Waals surface area contributed by atoms with Crippen molar-refractivity contribution in [2.75, 3.05) is 30.8 Å². The fourth-order valence-electron chi connectivity index (χ4n) is 3.01. The number of nitrogens with one attached hydrogen (secondary N) is 2. The van der Waals surface area contributed by atoms with Gasteiger partial charge in [-0.2, -0.15) is 0 Å². The van der Waals surface area contributed by atoms with Gasteiger partial charge in [0, 0.05) is 19.2 Å². The maximum Gasteiger partial charge on any atom is 0.131 e. The molecule has 1 aromatic heterocycles. The van der Waals surface area contributed by atoms with Crippen LogP contribution in [-0.2, 0) is 12.8 Å². The third kappa shape index (κ3) is 5.42. The van der Waals surface area contributed by atoms with Crippen molar-refractivity contribution in [1.29, 1.82) is 0 Å². The number of nitrogens with zero attached hydrogens (tertiary/aromatic N) is 2. The van der Waals surface area contributed by atoms with Crippen LogP contribution in [0.1, 0.15) is 17.0 Å². The van der Waals surface area contributed by atoms with Gasteiger partial charge in [-0.15, -0.1) is 0 Å². The van der Waals surface area contributed by atoms with E-state index in [2.05, 4.69) is 26.7 Å².